The van der Waals surface area contributed by atoms with Gasteiger partial charge in [0.1, 0.15) is 10.7 Å². The minimum absolute atomic E-state index is 0.140. The maximum atomic E-state index is 12.6. The lowest BCUT2D eigenvalue weighted by Gasteiger charge is -2.26. The molecular formula is C25H27N7O2S2. The van der Waals surface area contributed by atoms with Gasteiger partial charge in [0, 0.05) is 55.2 Å². The fourth-order valence-corrected chi connectivity index (χ4v) is 5.57. The third-order valence-corrected chi connectivity index (χ3v) is 7.76. The molecular weight excluding hydrogens is 494 g/mol. The number of pyridine rings is 1. The Hall–Kier alpha value is -3.12. The van der Waals surface area contributed by atoms with Gasteiger partial charge in [-0.2, -0.15) is 0 Å². The molecule has 11 heteroatoms. The van der Waals surface area contributed by atoms with Gasteiger partial charge in [0.2, 0.25) is 0 Å². The molecule has 186 valence electrons. The zero-order chi connectivity index (χ0) is 24.7. The summed E-state index contributed by atoms with van der Waals surface area (Å²) in [6.45, 7) is 6.79. The summed E-state index contributed by atoms with van der Waals surface area (Å²) in [4.78, 5) is 23.5. The van der Waals surface area contributed by atoms with E-state index in [4.69, 9.17) is 4.74 Å². The molecule has 0 saturated carbocycles. The van der Waals surface area contributed by atoms with E-state index in [-0.39, 0.29) is 5.91 Å². The van der Waals surface area contributed by atoms with Crippen molar-refractivity contribution in [1.82, 2.24) is 34.9 Å². The minimum atomic E-state index is -0.140. The van der Waals surface area contributed by atoms with Gasteiger partial charge in [-0.05, 0) is 31.2 Å². The molecule has 0 spiro atoms. The van der Waals surface area contributed by atoms with Crippen LogP contribution >= 0.6 is 23.1 Å². The van der Waals surface area contributed by atoms with Crippen LogP contribution in [0.15, 0.2) is 59.3 Å². The van der Waals surface area contributed by atoms with E-state index < -0.39 is 0 Å². The molecule has 9 nitrogen and oxygen atoms in total. The zero-order valence-corrected chi connectivity index (χ0v) is 21.6. The first-order chi connectivity index (χ1) is 17.7. The van der Waals surface area contributed by atoms with Crippen molar-refractivity contribution in [2.24, 2.45) is 0 Å². The van der Waals surface area contributed by atoms with Crippen LogP contribution in [-0.2, 0) is 10.5 Å². The molecule has 1 aromatic carbocycles. The van der Waals surface area contributed by atoms with Gasteiger partial charge in [0.15, 0.2) is 11.0 Å². The summed E-state index contributed by atoms with van der Waals surface area (Å²) in [5.41, 5.74) is 3.56. The van der Waals surface area contributed by atoms with Gasteiger partial charge in [-0.15, -0.1) is 21.5 Å². The topological polar surface area (TPSA) is 98.1 Å². The van der Waals surface area contributed by atoms with Crippen molar-refractivity contribution in [2.75, 3.05) is 39.4 Å². The van der Waals surface area contributed by atoms with E-state index in [1.54, 1.807) is 24.2 Å². The van der Waals surface area contributed by atoms with Crippen molar-refractivity contribution in [3.8, 4) is 17.1 Å². The Balaban J connectivity index is 1.25. The average molecular weight is 522 g/mol. The number of ether oxygens (including phenoxy) is 1. The summed E-state index contributed by atoms with van der Waals surface area (Å²) in [5, 5.41) is 15.4. The first-order valence-corrected chi connectivity index (χ1v) is 13.6. The summed E-state index contributed by atoms with van der Waals surface area (Å²) < 4.78 is 7.41. The van der Waals surface area contributed by atoms with Crippen molar-refractivity contribution in [2.45, 2.75) is 17.8 Å². The van der Waals surface area contributed by atoms with Crippen LogP contribution in [0.2, 0.25) is 0 Å². The standard InChI is InChI=1S/C25H27N7O2S2/c1-18-2-4-20(5-3-18)32-23(19-6-8-26-9-7-19)29-30-25(32)36-17-22-28-21(16-35-22)24(33)27-10-11-31-12-14-34-15-13-31/h2-9,16H,10-15,17H2,1H3,(H,27,33). The van der Waals surface area contributed by atoms with Crippen LogP contribution in [-0.4, -0.2) is 74.9 Å². The molecule has 0 radical (unpaired) electrons. The van der Waals surface area contributed by atoms with Gasteiger partial charge < -0.3 is 10.1 Å². The Labute approximate surface area is 217 Å². The molecule has 3 aromatic heterocycles. The van der Waals surface area contributed by atoms with E-state index in [1.165, 1.54) is 16.9 Å². The molecule has 1 aliphatic rings. The number of benzene rings is 1. The fourth-order valence-electron chi connectivity index (χ4n) is 3.83. The zero-order valence-electron chi connectivity index (χ0n) is 20.0. The Morgan fingerprint density at radius 1 is 1.11 bits per heavy atom. The first-order valence-electron chi connectivity index (χ1n) is 11.8. The summed E-state index contributed by atoms with van der Waals surface area (Å²) in [6.07, 6.45) is 3.50. The highest BCUT2D eigenvalue weighted by molar-refractivity contribution is 7.98. The molecule has 5 rings (SSSR count). The number of nitrogens with zero attached hydrogens (tertiary/aromatic N) is 6. The van der Waals surface area contributed by atoms with Crippen molar-refractivity contribution in [3.63, 3.8) is 0 Å². The van der Waals surface area contributed by atoms with Gasteiger partial charge in [0.25, 0.3) is 5.91 Å². The number of hydrogen-bond donors (Lipinski definition) is 1. The summed E-state index contributed by atoms with van der Waals surface area (Å²) >= 11 is 3.03. The van der Waals surface area contributed by atoms with Crippen molar-refractivity contribution in [1.29, 1.82) is 0 Å². The maximum absolute atomic E-state index is 12.6. The first kappa shape index (κ1) is 24.6. The van der Waals surface area contributed by atoms with Gasteiger partial charge in [-0.3, -0.25) is 19.2 Å². The van der Waals surface area contributed by atoms with E-state index in [0.717, 1.165) is 60.1 Å². The molecule has 1 amide bonds. The van der Waals surface area contributed by atoms with Crippen molar-refractivity contribution < 1.29 is 9.53 Å². The molecule has 1 N–H and O–H groups in total. The number of carbonyl (C=O) groups excluding carboxylic acids is 1. The Bertz CT molecular complexity index is 1290. The van der Waals surface area contributed by atoms with Crippen LogP contribution in [0.5, 0.6) is 0 Å². The highest BCUT2D eigenvalue weighted by Gasteiger charge is 2.18. The molecule has 1 aliphatic heterocycles. The highest BCUT2D eigenvalue weighted by Crippen LogP contribution is 2.30. The second kappa shape index (κ2) is 11.7. The van der Waals surface area contributed by atoms with Crippen LogP contribution < -0.4 is 5.32 Å². The number of amides is 1. The SMILES string of the molecule is Cc1ccc(-n2c(SCc3nc(C(=O)NCCN4CCOCC4)cs3)nnc2-c2ccncc2)cc1. The van der Waals surface area contributed by atoms with Crippen LogP contribution in [0.1, 0.15) is 21.1 Å². The quantitative estimate of drug-likeness (QED) is 0.335. The van der Waals surface area contributed by atoms with Crippen molar-refractivity contribution >= 4 is 29.0 Å². The van der Waals surface area contributed by atoms with E-state index in [9.17, 15) is 4.79 Å². The lowest BCUT2D eigenvalue weighted by atomic mass is 10.2. The molecule has 36 heavy (non-hydrogen) atoms. The summed E-state index contributed by atoms with van der Waals surface area (Å²) in [5.74, 6) is 1.20. The molecule has 4 heterocycles. The van der Waals surface area contributed by atoms with Gasteiger partial charge in [-0.25, -0.2) is 4.98 Å². The van der Waals surface area contributed by atoms with E-state index >= 15 is 0 Å². The molecule has 4 aromatic rings. The predicted octanol–water partition coefficient (Wildman–Crippen LogP) is 3.45. The normalized spacial score (nSPS) is 14.1. The van der Waals surface area contributed by atoms with Crippen LogP contribution in [0.4, 0.5) is 0 Å². The lowest BCUT2D eigenvalue weighted by molar-refractivity contribution is 0.0383. The third kappa shape index (κ3) is 5.98. The van der Waals surface area contributed by atoms with E-state index in [0.29, 0.717) is 18.0 Å². The maximum Gasteiger partial charge on any atom is 0.270 e. The van der Waals surface area contributed by atoms with Crippen LogP contribution in [0.3, 0.4) is 0 Å². The van der Waals surface area contributed by atoms with Gasteiger partial charge >= 0.3 is 0 Å². The number of thioether (sulfide) groups is 1. The minimum Gasteiger partial charge on any atom is -0.379 e. The second-order valence-corrected chi connectivity index (χ2v) is 10.2. The molecule has 0 unspecified atom stereocenters. The fraction of sp³-hybridized carbons (Fsp3) is 0.320. The molecule has 0 bridgehead atoms. The number of nitrogens with one attached hydrogen (secondary N) is 1. The summed E-state index contributed by atoms with van der Waals surface area (Å²) in [6, 6.07) is 12.1. The lowest BCUT2D eigenvalue weighted by Crippen LogP contribution is -2.41. The Kier molecular flexibility index (Phi) is 8.01. The van der Waals surface area contributed by atoms with Gasteiger partial charge in [-0.1, -0.05) is 29.5 Å². The average Bonchev–Trinajstić information content (AvgIpc) is 3.57. The predicted molar refractivity (Wildman–Crippen MR) is 141 cm³/mol. The summed E-state index contributed by atoms with van der Waals surface area (Å²) in [7, 11) is 0. The van der Waals surface area contributed by atoms with Crippen LogP contribution in [0, 0.1) is 6.92 Å². The number of morpholine rings is 1. The largest absolute Gasteiger partial charge is 0.379 e. The molecule has 0 aliphatic carbocycles. The Morgan fingerprint density at radius 3 is 2.67 bits per heavy atom. The third-order valence-electron chi connectivity index (χ3n) is 5.79. The van der Waals surface area contributed by atoms with E-state index in [2.05, 4.69) is 61.6 Å². The smallest absolute Gasteiger partial charge is 0.270 e. The van der Waals surface area contributed by atoms with Gasteiger partial charge in [0.05, 0.1) is 19.0 Å². The van der Waals surface area contributed by atoms with Crippen molar-refractivity contribution in [3.05, 3.63) is 70.4 Å². The Morgan fingerprint density at radius 2 is 1.89 bits per heavy atom. The monoisotopic (exact) mass is 521 g/mol. The number of rotatable bonds is 9. The number of thiazole rings is 1. The highest BCUT2D eigenvalue weighted by atomic mass is 32.2. The number of aromatic nitrogens is 5. The number of carbonyl (C=O) groups is 1. The second-order valence-electron chi connectivity index (χ2n) is 8.34. The number of hydrogen-bond acceptors (Lipinski definition) is 9. The van der Waals surface area contributed by atoms with E-state index in [1.807, 2.05) is 22.1 Å². The molecule has 1 saturated heterocycles. The molecule has 1 fully saturated rings. The van der Waals surface area contributed by atoms with Crippen LogP contribution in [0.25, 0.3) is 17.1 Å². The molecule has 0 atom stereocenters. The number of aryl methyl sites for hydroxylation is 1.